The topological polar surface area (TPSA) is 24.9 Å². The van der Waals surface area contributed by atoms with Gasteiger partial charge in [0.2, 0.25) is 0 Å². The summed E-state index contributed by atoms with van der Waals surface area (Å²) >= 11 is 0. The molecule has 19 heavy (non-hydrogen) atoms. The number of aromatic nitrogens is 1. The van der Waals surface area contributed by atoms with E-state index in [1.54, 1.807) is 0 Å². The number of nitrogens with one attached hydrogen (secondary N) is 1. The standard InChI is InChI=1S/C17H22N2/c1-13-5-4-6-16(11-13)8-7-15(3)19-17-12-18-10-9-14(17)2/h4-6,9-12,15,19H,7-8H2,1-3H3. The zero-order valence-corrected chi connectivity index (χ0v) is 12.0. The van der Waals surface area contributed by atoms with Gasteiger partial charge in [0.1, 0.15) is 0 Å². The second kappa shape index (κ2) is 6.37. The molecule has 0 radical (unpaired) electrons. The van der Waals surface area contributed by atoms with Crippen molar-refractivity contribution in [3.05, 3.63) is 59.4 Å². The van der Waals surface area contributed by atoms with Gasteiger partial charge in [0, 0.05) is 12.2 Å². The Morgan fingerprint density at radius 2 is 2.05 bits per heavy atom. The summed E-state index contributed by atoms with van der Waals surface area (Å²) in [5.74, 6) is 0. The third-order valence-corrected chi connectivity index (χ3v) is 3.39. The fourth-order valence-corrected chi connectivity index (χ4v) is 2.20. The number of aryl methyl sites for hydroxylation is 3. The predicted octanol–water partition coefficient (Wildman–Crippen LogP) is 4.13. The van der Waals surface area contributed by atoms with Gasteiger partial charge in [-0.15, -0.1) is 0 Å². The summed E-state index contributed by atoms with van der Waals surface area (Å²) in [6.07, 6.45) is 5.96. The summed E-state index contributed by atoms with van der Waals surface area (Å²) in [5.41, 5.74) is 5.13. The summed E-state index contributed by atoms with van der Waals surface area (Å²) in [5, 5.41) is 3.53. The Kier molecular flexibility index (Phi) is 4.56. The Morgan fingerprint density at radius 3 is 2.79 bits per heavy atom. The summed E-state index contributed by atoms with van der Waals surface area (Å²) in [4.78, 5) is 4.17. The maximum absolute atomic E-state index is 4.17. The number of benzene rings is 1. The molecule has 0 bridgehead atoms. The minimum absolute atomic E-state index is 0.448. The molecule has 2 nitrogen and oxygen atoms in total. The van der Waals surface area contributed by atoms with E-state index in [0.717, 1.165) is 18.5 Å². The molecule has 0 aliphatic rings. The van der Waals surface area contributed by atoms with Crippen LogP contribution in [-0.2, 0) is 6.42 Å². The smallest absolute Gasteiger partial charge is 0.0558 e. The van der Waals surface area contributed by atoms with Crippen LogP contribution in [0.3, 0.4) is 0 Å². The fraction of sp³-hybridized carbons (Fsp3) is 0.353. The average Bonchev–Trinajstić information content (AvgIpc) is 2.39. The van der Waals surface area contributed by atoms with E-state index in [0.29, 0.717) is 6.04 Å². The first-order chi connectivity index (χ1) is 9.15. The highest BCUT2D eigenvalue weighted by molar-refractivity contribution is 5.48. The number of rotatable bonds is 5. The van der Waals surface area contributed by atoms with Gasteiger partial charge in [0.05, 0.1) is 11.9 Å². The second-order valence-corrected chi connectivity index (χ2v) is 5.26. The van der Waals surface area contributed by atoms with Gasteiger partial charge < -0.3 is 5.32 Å². The Bertz CT molecular complexity index is 534. The monoisotopic (exact) mass is 254 g/mol. The molecule has 1 aromatic carbocycles. The minimum atomic E-state index is 0.448. The molecule has 2 heteroatoms. The van der Waals surface area contributed by atoms with Crippen molar-refractivity contribution in [1.82, 2.24) is 4.98 Å². The number of pyridine rings is 1. The summed E-state index contributed by atoms with van der Waals surface area (Å²) in [6, 6.07) is 11.2. The average molecular weight is 254 g/mol. The molecular formula is C17H22N2. The van der Waals surface area contributed by atoms with Crippen LogP contribution in [0.4, 0.5) is 5.69 Å². The first-order valence-corrected chi connectivity index (χ1v) is 6.88. The SMILES string of the molecule is Cc1cccc(CCC(C)Nc2cnccc2C)c1. The molecule has 1 unspecified atom stereocenters. The summed E-state index contributed by atoms with van der Waals surface area (Å²) in [6.45, 7) is 6.48. The van der Waals surface area contributed by atoms with Gasteiger partial charge >= 0.3 is 0 Å². The van der Waals surface area contributed by atoms with Crippen molar-refractivity contribution in [2.75, 3.05) is 5.32 Å². The second-order valence-electron chi connectivity index (χ2n) is 5.26. The van der Waals surface area contributed by atoms with Crippen molar-refractivity contribution in [3.63, 3.8) is 0 Å². The number of hydrogen-bond acceptors (Lipinski definition) is 2. The van der Waals surface area contributed by atoms with Crippen LogP contribution in [0.1, 0.15) is 30.0 Å². The van der Waals surface area contributed by atoms with E-state index < -0.39 is 0 Å². The summed E-state index contributed by atoms with van der Waals surface area (Å²) < 4.78 is 0. The predicted molar refractivity (Wildman–Crippen MR) is 81.6 cm³/mol. The van der Waals surface area contributed by atoms with Gasteiger partial charge in [-0.2, -0.15) is 0 Å². The van der Waals surface area contributed by atoms with Gasteiger partial charge in [-0.1, -0.05) is 29.8 Å². The fourth-order valence-electron chi connectivity index (χ4n) is 2.20. The Morgan fingerprint density at radius 1 is 1.21 bits per heavy atom. The largest absolute Gasteiger partial charge is 0.381 e. The van der Waals surface area contributed by atoms with Crippen LogP contribution < -0.4 is 5.32 Å². The molecule has 0 saturated carbocycles. The number of anilines is 1. The lowest BCUT2D eigenvalue weighted by Gasteiger charge is -2.16. The van der Waals surface area contributed by atoms with Crippen molar-refractivity contribution in [2.24, 2.45) is 0 Å². The van der Waals surface area contributed by atoms with Crippen LogP contribution in [0.2, 0.25) is 0 Å². The maximum atomic E-state index is 4.17. The lowest BCUT2D eigenvalue weighted by Crippen LogP contribution is -2.16. The molecule has 1 N–H and O–H groups in total. The molecule has 100 valence electrons. The van der Waals surface area contributed by atoms with Gasteiger partial charge in [-0.25, -0.2) is 0 Å². The van der Waals surface area contributed by atoms with Gasteiger partial charge in [-0.3, -0.25) is 4.98 Å². The van der Waals surface area contributed by atoms with Crippen LogP contribution in [0, 0.1) is 13.8 Å². The van der Waals surface area contributed by atoms with Gasteiger partial charge in [-0.05, 0) is 50.8 Å². The molecule has 1 aromatic heterocycles. The third kappa shape index (κ3) is 4.09. The highest BCUT2D eigenvalue weighted by Gasteiger charge is 2.05. The molecule has 0 fully saturated rings. The molecule has 2 rings (SSSR count). The van der Waals surface area contributed by atoms with E-state index >= 15 is 0 Å². The molecule has 2 aromatic rings. The molecule has 0 amide bonds. The van der Waals surface area contributed by atoms with Gasteiger partial charge in [0.25, 0.3) is 0 Å². The minimum Gasteiger partial charge on any atom is -0.381 e. The Balaban J connectivity index is 1.88. The Labute approximate surface area is 115 Å². The third-order valence-electron chi connectivity index (χ3n) is 3.39. The van der Waals surface area contributed by atoms with E-state index in [4.69, 9.17) is 0 Å². The normalized spacial score (nSPS) is 12.2. The van der Waals surface area contributed by atoms with Crippen LogP contribution in [0.15, 0.2) is 42.7 Å². The van der Waals surface area contributed by atoms with E-state index in [1.165, 1.54) is 16.7 Å². The first-order valence-electron chi connectivity index (χ1n) is 6.88. The molecule has 0 aliphatic heterocycles. The van der Waals surface area contributed by atoms with Gasteiger partial charge in [0.15, 0.2) is 0 Å². The first kappa shape index (κ1) is 13.6. The van der Waals surface area contributed by atoms with Crippen LogP contribution in [0.5, 0.6) is 0 Å². The molecule has 0 saturated heterocycles. The van der Waals surface area contributed by atoms with Crippen molar-refractivity contribution in [1.29, 1.82) is 0 Å². The lowest BCUT2D eigenvalue weighted by molar-refractivity contribution is 0.705. The molecule has 0 spiro atoms. The molecule has 1 atom stereocenters. The van der Waals surface area contributed by atoms with E-state index in [2.05, 4.69) is 55.3 Å². The Hall–Kier alpha value is -1.83. The summed E-state index contributed by atoms with van der Waals surface area (Å²) in [7, 11) is 0. The number of hydrogen-bond donors (Lipinski definition) is 1. The van der Waals surface area contributed by atoms with Crippen LogP contribution in [0.25, 0.3) is 0 Å². The lowest BCUT2D eigenvalue weighted by atomic mass is 10.0. The highest BCUT2D eigenvalue weighted by Crippen LogP contribution is 2.15. The zero-order chi connectivity index (χ0) is 13.7. The van der Waals surface area contributed by atoms with Crippen LogP contribution in [-0.4, -0.2) is 11.0 Å². The van der Waals surface area contributed by atoms with Crippen molar-refractivity contribution in [2.45, 2.75) is 39.7 Å². The quantitative estimate of drug-likeness (QED) is 0.867. The molecule has 0 aliphatic carbocycles. The molecule has 1 heterocycles. The van der Waals surface area contributed by atoms with E-state index in [-0.39, 0.29) is 0 Å². The molecular weight excluding hydrogens is 232 g/mol. The van der Waals surface area contributed by atoms with E-state index in [9.17, 15) is 0 Å². The van der Waals surface area contributed by atoms with Crippen molar-refractivity contribution in [3.8, 4) is 0 Å². The maximum Gasteiger partial charge on any atom is 0.0558 e. The van der Waals surface area contributed by atoms with Crippen molar-refractivity contribution < 1.29 is 0 Å². The van der Waals surface area contributed by atoms with Crippen molar-refractivity contribution >= 4 is 5.69 Å². The van der Waals surface area contributed by atoms with E-state index in [1.807, 2.05) is 18.5 Å². The zero-order valence-electron chi connectivity index (χ0n) is 12.0. The highest BCUT2D eigenvalue weighted by atomic mass is 14.9. The number of nitrogens with zero attached hydrogens (tertiary/aromatic N) is 1. The van der Waals surface area contributed by atoms with Crippen LogP contribution >= 0.6 is 0 Å².